The molecule has 2 heterocycles. The molecule has 18 heavy (non-hydrogen) atoms. The van der Waals surface area contributed by atoms with Crippen LogP contribution in [0.15, 0.2) is 12.4 Å². The zero-order valence-corrected chi connectivity index (χ0v) is 10.9. The van der Waals surface area contributed by atoms with E-state index in [2.05, 4.69) is 11.2 Å². The summed E-state index contributed by atoms with van der Waals surface area (Å²) >= 11 is 0. The van der Waals surface area contributed by atoms with Gasteiger partial charge in [0, 0.05) is 25.5 Å². The zero-order chi connectivity index (χ0) is 13.3. The van der Waals surface area contributed by atoms with Crippen molar-refractivity contribution in [3.8, 4) is 6.07 Å². The van der Waals surface area contributed by atoms with Crippen molar-refractivity contribution < 1.29 is 0 Å². The Hall–Kier alpha value is -2.22. The predicted molar refractivity (Wildman–Crippen MR) is 69.9 cm³/mol. The van der Waals surface area contributed by atoms with Crippen LogP contribution in [0.1, 0.15) is 22.4 Å². The topological polar surface area (TPSA) is 72.6 Å². The van der Waals surface area contributed by atoms with Crippen LogP contribution in [0.25, 0.3) is 0 Å². The highest BCUT2D eigenvalue weighted by molar-refractivity contribution is 5.57. The van der Waals surface area contributed by atoms with Crippen LogP contribution in [-0.2, 0) is 20.0 Å². The number of aryl methyl sites for hydroxylation is 2. The highest BCUT2D eigenvalue weighted by Gasteiger charge is 2.14. The molecule has 0 bridgehead atoms. The van der Waals surface area contributed by atoms with Crippen molar-refractivity contribution >= 4 is 5.82 Å². The second-order valence-electron chi connectivity index (χ2n) is 4.51. The normalized spacial score (nSPS) is 10.6. The molecule has 0 aliphatic rings. The number of nitrogens with zero attached hydrogens (tertiary/aromatic N) is 4. The van der Waals surface area contributed by atoms with Crippen LogP contribution in [0.2, 0.25) is 0 Å². The number of hydrogen-bond acceptors (Lipinski definition) is 3. The lowest BCUT2D eigenvalue weighted by atomic mass is 10.2. The lowest BCUT2D eigenvalue weighted by Gasteiger charge is -2.07. The molecule has 0 aliphatic carbocycles. The van der Waals surface area contributed by atoms with Gasteiger partial charge in [-0.25, -0.2) is 0 Å². The summed E-state index contributed by atoms with van der Waals surface area (Å²) < 4.78 is 3.79. The van der Waals surface area contributed by atoms with Gasteiger partial charge in [-0.1, -0.05) is 0 Å². The van der Waals surface area contributed by atoms with E-state index in [-0.39, 0.29) is 0 Å². The second kappa shape index (κ2) is 4.57. The minimum absolute atomic E-state index is 0.566. The van der Waals surface area contributed by atoms with E-state index < -0.39 is 0 Å². The third-order valence-electron chi connectivity index (χ3n) is 3.36. The van der Waals surface area contributed by atoms with E-state index in [1.807, 2.05) is 37.9 Å². The molecule has 0 atom stereocenters. The number of aromatic nitrogens is 3. The molecule has 0 saturated heterocycles. The van der Waals surface area contributed by atoms with Crippen LogP contribution in [0.4, 0.5) is 5.82 Å². The van der Waals surface area contributed by atoms with Crippen LogP contribution in [0.3, 0.4) is 0 Å². The molecule has 2 rings (SSSR count). The van der Waals surface area contributed by atoms with Gasteiger partial charge >= 0.3 is 0 Å². The Labute approximate surface area is 106 Å². The Balaban J connectivity index is 2.23. The first-order valence-corrected chi connectivity index (χ1v) is 5.87. The standard InChI is InChI=1S/C13H17N5/c1-9-10(2)18(13(15)12(9)6-14)5-4-11-7-16-17(3)8-11/h7-8H,4-5,15H2,1-3H3. The number of hydrogen-bond donors (Lipinski definition) is 1. The largest absolute Gasteiger partial charge is 0.384 e. The molecule has 5 nitrogen and oxygen atoms in total. The fourth-order valence-corrected chi connectivity index (χ4v) is 2.16. The Morgan fingerprint density at radius 1 is 1.44 bits per heavy atom. The lowest BCUT2D eigenvalue weighted by Crippen LogP contribution is -2.07. The zero-order valence-electron chi connectivity index (χ0n) is 10.9. The van der Waals surface area contributed by atoms with Gasteiger partial charge in [0.25, 0.3) is 0 Å². The van der Waals surface area contributed by atoms with Crippen molar-refractivity contribution in [1.82, 2.24) is 14.3 Å². The summed E-state index contributed by atoms with van der Waals surface area (Å²) in [5, 5.41) is 13.2. The van der Waals surface area contributed by atoms with E-state index in [9.17, 15) is 0 Å². The van der Waals surface area contributed by atoms with Crippen molar-refractivity contribution in [1.29, 1.82) is 5.26 Å². The van der Waals surface area contributed by atoms with E-state index >= 15 is 0 Å². The van der Waals surface area contributed by atoms with Gasteiger partial charge in [-0.05, 0) is 31.4 Å². The van der Waals surface area contributed by atoms with Gasteiger partial charge in [-0.15, -0.1) is 0 Å². The van der Waals surface area contributed by atoms with Gasteiger partial charge in [-0.3, -0.25) is 4.68 Å². The molecule has 0 aliphatic heterocycles. The molecule has 0 spiro atoms. The average molecular weight is 243 g/mol. The van der Waals surface area contributed by atoms with Gasteiger partial charge in [0.15, 0.2) is 0 Å². The molecule has 0 saturated carbocycles. The van der Waals surface area contributed by atoms with Gasteiger partial charge in [0.1, 0.15) is 11.9 Å². The highest BCUT2D eigenvalue weighted by Crippen LogP contribution is 2.23. The molecular formula is C13H17N5. The SMILES string of the molecule is Cc1c(C#N)c(N)n(CCc2cnn(C)c2)c1C. The summed E-state index contributed by atoms with van der Waals surface area (Å²) in [4.78, 5) is 0. The first-order chi connectivity index (χ1) is 8.54. The predicted octanol–water partition coefficient (Wildman–Crippen LogP) is 1.54. The third kappa shape index (κ3) is 1.97. The maximum Gasteiger partial charge on any atom is 0.122 e. The lowest BCUT2D eigenvalue weighted by molar-refractivity contribution is 0.687. The maximum absolute atomic E-state index is 9.07. The summed E-state index contributed by atoms with van der Waals surface area (Å²) in [5.74, 6) is 0.566. The van der Waals surface area contributed by atoms with Gasteiger partial charge < -0.3 is 10.3 Å². The molecule has 0 unspecified atom stereocenters. The minimum Gasteiger partial charge on any atom is -0.384 e. The summed E-state index contributed by atoms with van der Waals surface area (Å²) in [5.41, 5.74) is 9.80. The highest BCUT2D eigenvalue weighted by atomic mass is 15.2. The number of nitrogen functional groups attached to an aromatic ring is 1. The molecule has 94 valence electrons. The van der Waals surface area contributed by atoms with Crippen LogP contribution in [-0.4, -0.2) is 14.3 Å². The van der Waals surface area contributed by atoms with Crippen molar-refractivity contribution in [3.05, 3.63) is 34.8 Å². The summed E-state index contributed by atoms with van der Waals surface area (Å²) in [6.07, 6.45) is 4.71. The first-order valence-electron chi connectivity index (χ1n) is 5.87. The van der Waals surface area contributed by atoms with Gasteiger partial charge in [-0.2, -0.15) is 10.4 Å². The minimum atomic E-state index is 0.566. The van der Waals surface area contributed by atoms with Crippen LogP contribution >= 0.6 is 0 Å². The molecular weight excluding hydrogens is 226 g/mol. The van der Waals surface area contributed by atoms with E-state index in [1.165, 1.54) is 5.56 Å². The molecule has 0 radical (unpaired) electrons. The molecule has 2 aromatic heterocycles. The van der Waals surface area contributed by atoms with Crippen LogP contribution in [0.5, 0.6) is 0 Å². The summed E-state index contributed by atoms with van der Waals surface area (Å²) in [7, 11) is 1.90. The first kappa shape index (κ1) is 12.2. The van der Waals surface area contributed by atoms with Crippen LogP contribution in [0, 0.1) is 25.2 Å². The van der Waals surface area contributed by atoms with Crippen molar-refractivity contribution in [3.63, 3.8) is 0 Å². The third-order valence-corrected chi connectivity index (χ3v) is 3.36. The Morgan fingerprint density at radius 2 is 2.17 bits per heavy atom. The molecule has 0 fully saturated rings. The monoisotopic (exact) mass is 243 g/mol. The second-order valence-corrected chi connectivity index (χ2v) is 4.51. The fourth-order valence-electron chi connectivity index (χ4n) is 2.16. The number of anilines is 1. The maximum atomic E-state index is 9.07. The smallest absolute Gasteiger partial charge is 0.122 e. The Kier molecular flexibility index (Phi) is 3.11. The molecule has 2 N–H and O–H groups in total. The van der Waals surface area contributed by atoms with Crippen molar-refractivity contribution in [2.75, 3.05) is 5.73 Å². The molecule has 0 amide bonds. The van der Waals surface area contributed by atoms with E-state index in [0.29, 0.717) is 11.4 Å². The summed E-state index contributed by atoms with van der Waals surface area (Å²) in [6, 6.07) is 2.16. The fraction of sp³-hybridized carbons (Fsp3) is 0.385. The summed E-state index contributed by atoms with van der Waals surface area (Å²) in [6.45, 7) is 4.70. The van der Waals surface area contributed by atoms with E-state index in [0.717, 1.165) is 24.2 Å². The number of nitriles is 1. The molecule has 2 aromatic rings. The average Bonchev–Trinajstić information content (AvgIpc) is 2.83. The molecule has 0 aromatic carbocycles. The number of rotatable bonds is 3. The Morgan fingerprint density at radius 3 is 2.67 bits per heavy atom. The van der Waals surface area contributed by atoms with Crippen molar-refractivity contribution in [2.45, 2.75) is 26.8 Å². The number of nitrogens with two attached hydrogens (primary N) is 1. The van der Waals surface area contributed by atoms with Gasteiger partial charge in [0.2, 0.25) is 0 Å². The van der Waals surface area contributed by atoms with Gasteiger partial charge in [0.05, 0.1) is 11.8 Å². The van der Waals surface area contributed by atoms with E-state index in [1.54, 1.807) is 4.68 Å². The van der Waals surface area contributed by atoms with Crippen molar-refractivity contribution in [2.24, 2.45) is 7.05 Å². The Bertz CT molecular complexity index is 612. The molecule has 5 heteroatoms. The van der Waals surface area contributed by atoms with E-state index in [4.69, 9.17) is 11.0 Å². The quantitative estimate of drug-likeness (QED) is 0.888. The van der Waals surface area contributed by atoms with Crippen LogP contribution < -0.4 is 5.73 Å².